The third-order valence-corrected chi connectivity index (χ3v) is 7.70. The summed E-state index contributed by atoms with van der Waals surface area (Å²) in [4.78, 5) is 21.2. The molecule has 6 rings (SSSR count). The van der Waals surface area contributed by atoms with E-state index in [1.807, 2.05) is 23.1 Å². The second kappa shape index (κ2) is 9.60. The van der Waals surface area contributed by atoms with Crippen LogP contribution in [0.2, 0.25) is 0 Å². The van der Waals surface area contributed by atoms with Crippen LogP contribution in [0.15, 0.2) is 37.1 Å². The number of nitrogens with zero attached hydrogens (tertiary/aromatic N) is 8. The number of aryl methyl sites for hydroxylation is 1. The minimum atomic E-state index is -4.62. The van der Waals surface area contributed by atoms with E-state index >= 15 is 0 Å². The Kier molecular flexibility index (Phi) is 6.22. The highest BCUT2D eigenvalue weighted by Gasteiger charge is 2.49. The number of rotatable bonds is 6. The average Bonchev–Trinajstić information content (AvgIpc) is 3.56. The van der Waals surface area contributed by atoms with Gasteiger partial charge in [0.1, 0.15) is 18.1 Å². The number of likely N-dealkylation sites (tertiary alicyclic amines) is 1. The van der Waals surface area contributed by atoms with Crippen LogP contribution >= 0.6 is 0 Å². The molecule has 0 unspecified atom stereocenters. The molecule has 13 heteroatoms. The predicted octanol–water partition coefficient (Wildman–Crippen LogP) is 4.25. The zero-order valence-corrected chi connectivity index (χ0v) is 21.2. The predicted molar refractivity (Wildman–Crippen MR) is 133 cm³/mol. The summed E-state index contributed by atoms with van der Waals surface area (Å²) in [6.07, 6.45) is 5.53. The SMILES string of the molecule is Cc1cc(OC2CCN([C@H]3C[C@](CC#N)(n4cc(-c5ncnc6[nH]ccc56)cn4)C3)CC2)nc(C(F)(F)F)n1. The largest absolute Gasteiger partial charge is 0.474 e. The molecule has 10 nitrogen and oxygen atoms in total. The van der Waals surface area contributed by atoms with Gasteiger partial charge >= 0.3 is 6.18 Å². The van der Waals surface area contributed by atoms with Gasteiger partial charge in [0.25, 0.3) is 0 Å². The van der Waals surface area contributed by atoms with E-state index < -0.39 is 12.0 Å². The quantitative estimate of drug-likeness (QED) is 0.387. The number of fused-ring (bicyclic) bond motifs is 1. The van der Waals surface area contributed by atoms with Crippen molar-refractivity contribution in [3.8, 4) is 23.2 Å². The van der Waals surface area contributed by atoms with Crippen molar-refractivity contribution in [2.24, 2.45) is 0 Å². The summed E-state index contributed by atoms with van der Waals surface area (Å²) in [6.45, 7) is 3.00. The molecule has 0 aromatic carbocycles. The summed E-state index contributed by atoms with van der Waals surface area (Å²) in [6, 6.07) is 6.00. The number of nitrogens with one attached hydrogen (secondary N) is 1. The van der Waals surface area contributed by atoms with Gasteiger partial charge in [-0.15, -0.1) is 0 Å². The van der Waals surface area contributed by atoms with Crippen molar-refractivity contribution in [3.63, 3.8) is 0 Å². The Morgan fingerprint density at radius 2 is 2.00 bits per heavy atom. The molecule has 1 aliphatic heterocycles. The molecule has 202 valence electrons. The first-order valence-corrected chi connectivity index (χ1v) is 12.8. The number of piperidine rings is 1. The Morgan fingerprint density at radius 1 is 1.21 bits per heavy atom. The van der Waals surface area contributed by atoms with Crippen LogP contribution in [0.4, 0.5) is 13.2 Å². The third kappa shape index (κ3) is 4.80. The second-order valence-electron chi connectivity index (χ2n) is 10.3. The summed E-state index contributed by atoms with van der Waals surface area (Å²) in [7, 11) is 0. The second-order valence-corrected chi connectivity index (χ2v) is 10.3. The maximum Gasteiger partial charge on any atom is 0.451 e. The lowest BCUT2D eigenvalue weighted by atomic mass is 9.69. The Balaban J connectivity index is 1.09. The minimum Gasteiger partial charge on any atom is -0.474 e. The van der Waals surface area contributed by atoms with Crippen LogP contribution in [0.5, 0.6) is 5.88 Å². The Bertz CT molecular complexity index is 1530. The van der Waals surface area contributed by atoms with Crippen molar-refractivity contribution in [2.75, 3.05) is 13.1 Å². The van der Waals surface area contributed by atoms with Crippen molar-refractivity contribution in [2.45, 2.75) is 62.9 Å². The first kappa shape index (κ1) is 25.2. The Morgan fingerprint density at radius 3 is 2.74 bits per heavy atom. The van der Waals surface area contributed by atoms with E-state index in [-0.39, 0.29) is 23.2 Å². The number of aromatic amines is 1. The summed E-state index contributed by atoms with van der Waals surface area (Å²) < 4.78 is 46.9. The summed E-state index contributed by atoms with van der Waals surface area (Å²) in [5.41, 5.74) is 2.24. The van der Waals surface area contributed by atoms with E-state index in [2.05, 4.69) is 41.0 Å². The minimum absolute atomic E-state index is 0.0416. The molecule has 39 heavy (non-hydrogen) atoms. The van der Waals surface area contributed by atoms with Crippen molar-refractivity contribution in [3.05, 3.63) is 48.6 Å². The molecule has 0 amide bonds. The van der Waals surface area contributed by atoms with Crippen LogP contribution in [0.25, 0.3) is 22.3 Å². The molecule has 2 fully saturated rings. The molecule has 5 heterocycles. The summed E-state index contributed by atoms with van der Waals surface area (Å²) >= 11 is 0. The van der Waals surface area contributed by atoms with Gasteiger partial charge in [-0.25, -0.2) is 15.0 Å². The van der Waals surface area contributed by atoms with E-state index in [1.54, 1.807) is 6.20 Å². The number of H-pyrrole nitrogens is 1. The standard InChI is InChI=1S/C26H26F3N9O/c1-16-10-21(36-24(35-16)26(27,28)29)39-19-3-8-37(9-4-19)18-11-25(12-18,5-6-30)38-14-17(13-34-38)22-20-2-7-31-23(20)33-15-32-22/h2,7,10,13-15,18-19H,3-5,8-9,11-12H2,1H3,(H,31,32,33)/t18-,25-. The van der Waals surface area contributed by atoms with Crippen molar-refractivity contribution in [1.29, 1.82) is 5.26 Å². The van der Waals surface area contributed by atoms with E-state index in [4.69, 9.17) is 4.74 Å². The molecule has 0 spiro atoms. The maximum absolute atomic E-state index is 13.1. The number of ether oxygens (including phenoxy) is 1. The highest BCUT2D eigenvalue weighted by atomic mass is 19.4. The van der Waals surface area contributed by atoms with Gasteiger partial charge in [0, 0.05) is 54.2 Å². The number of hydrogen-bond acceptors (Lipinski definition) is 8. The first-order valence-electron chi connectivity index (χ1n) is 12.8. The monoisotopic (exact) mass is 537 g/mol. The normalized spacial score (nSPS) is 22.5. The van der Waals surface area contributed by atoms with Crippen molar-refractivity contribution < 1.29 is 17.9 Å². The van der Waals surface area contributed by atoms with E-state index in [1.165, 1.54) is 19.3 Å². The highest BCUT2D eigenvalue weighted by molar-refractivity contribution is 5.89. The van der Waals surface area contributed by atoms with Gasteiger partial charge in [-0.2, -0.15) is 28.5 Å². The number of nitriles is 1. The molecule has 4 aromatic heterocycles. The van der Waals surface area contributed by atoms with Crippen LogP contribution in [0.3, 0.4) is 0 Å². The van der Waals surface area contributed by atoms with E-state index in [0.29, 0.717) is 25.3 Å². The van der Waals surface area contributed by atoms with Crippen LogP contribution in [-0.4, -0.2) is 64.8 Å². The number of aromatic nitrogens is 7. The lowest BCUT2D eigenvalue weighted by Crippen LogP contribution is -2.58. The molecular formula is C26H26F3N9O. The Hall–Kier alpha value is -4.05. The molecule has 0 atom stereocenters. The molecule has 1 saturated carbocycles. The smallest absolute Gasteiger partial charge is 0.451 e. The van der Waals surface area contributed by atoms with Crippen LogP contribution in [-0.2, 0) is 11.7 Å². The molecule has 2 aliphatic rings. The van der Waals surface area contributed by atoms with Gasteiger partial charge in [0.15, 0.2) is 0 Å². The fourth-order valence-electron chi connectivity index (χ4n) is 5.70. The van der Waals surface area contributed by atoms with E-state index in [9.17, 15) is 18.4 Å². The van der Waals surface area contributed by atoms with Gasteiger partial charge < -0.3 is 9.72 Å². The van der Waals surface area contributed by atoms with Gasteiger partial charge in [0.2, 0.25) is 11.7 Å². The third-order valence-electron chi connectivity index (χ3n) is 7.70. The van der Waals surface area contributed by atoms with Crippen LogP contribution in [0, 0.1) is 18.3 Å². The fraction of sp³-hybridized carbons (Fsp3) is 0.462. The molecule has 4 aromatic rings. The van der Waals surface area contributed by atoms with Crippen LogP contribution < -0.4 is 4.74 Å². The Labute approximate surface area is 221 Å². The van der Waals surface area contributed by atoms with Crippen molar-refractivity contribution >= 4 is 11.0 Å². The lowest BCUT2D eigenvalue weighted by Gasteiger charge is -2.52. The highest BCUT2D eigenvalue weighted by Crippen LogP contribution is 2.45. The fourth-order valence-corrected chi connectivity index (χ4v) is 5.70. The average molecular weight is 538 g/mol. The molecule has 1 saturated heterocycles. The topological polar surface area (TPSA) is 121 Å². The van der Waals surface area contributed by atoms with Gasteiger partial charge in [-0.3, -0.25) is 9.58 Å². The first-order chi connectivity index (χ1) is 18.7. The molecule has 0 bridgehead atoms. The number of halogens is 3. The molecule has 1 aliphatic carbocycles. The molecular weight excluding hydrogens is 511 g/mol. The zero-order chi connectivity index (χ0) is 27.2. The van der Waals surface area contributed by atoms with Gasteiger partial charge in [-0.05, 0) is 38.7 Å². The lowest BCUT2D eigenvalue weighted by molar-refractivity contribution is -0.145. The summed E-state index contributed by atoms with van der Waals surface area (Å²) in [5, 5.41) is 15.1. The molecule has 0 radical (unpaired) electrons. The maximum atomic E-state index is 13.1. The van der Waals surface area contributed by atoms with Gasteiger partial charge in [-0.1, -0.05) is 0 Å². The summed E-state index contributed by atoms with van der Waals surface area (Å²) in [5.74, 6) is -1.22. The van der Waals surface area contributed by atoms with Gasteiger partial charge in [0.05, 0.1) is 29.9 Å². The molecule has 1 N–H and O–H groups in total. The van der Waals surface area contributed by atoms with Crippen molar-refractivity contribution in [1.82, 2.24) is 39.6 Å². The number of alkyl halides is 3. The van der Waals surface area contributed by atoms with E-state index in [0.717, 1.165) is 48.2 Å². The number of hydrogen-bond donors (Lipinski definition) is 1. The van der Waals surface area contributed by atoms with Crippen LogP contribution in [0.1, 0.15) is 43.6 Å². The zero-order valence-electron chi connectivity index (χ0n) is 21.2.